The molecule has 1 saturated carbocycles. The molecule has 3 unspecified atom stereocenters. The number of piperazine rings is 2. The molecule has 3 amide bonds. The average molecular weight is 856 g/mol. The number of allylic oxidation sites excluding steroid dienone is 2. The standard InChI is InChI=1S/C49H57N7O5S/c1-52(2)62(59,60)51-48(57)46-40-31-56-42(24-39-43(61-3)23-22-37(47(39)56)34-18-11-6-12-19-34)45-38(44(40)46)20-13-21-41(45)50-49(58)54-29-35-27-53(25-32-14-7-4-8-15-32)28-36(30-54)55(35)26-33-16-9-5-10-17-33/h4-5,7-10,13-17,20,22-24,34-36,41,45H,6,11-12,18-19,21,25-31H2,1-3H3,(H,50,58)(H,51,57)/t35?,36?,41-,45?/m1/s1. The topological polar surface area (TPSA) is 119 Å². The van der Waals surface area contributed by atoms with Crippen molar-refractivity contribution in [3.05, 3.63) is 136 Å². The second kappa shape index (κ2) is 16.5. The lowest BCUT2D eigenvalue weighted by molar-refractivity contribution is -0.115. The number of nitrogens with zero attached hydrogens (tertiary/aromatic N) is 5. The van der Waals surface area contributed by atoms with E-state index < -0.39 is 16.1 Å². The van der Waals surface area contributed by atoms with Gasteiger partial charge in [0.15, 0.2) is 0 Å². The summed E-state index contributed by atoms with van der Waals surface area (Å²) in [4.78, 5) is 35.9. The van der Waals surface area contributed by atoms with Gasteiger partial charge in [-0.3, -0.25) is 14.6 Å². The van der Waals surface area contributed by atoms with Crippen LogP contribution in [0.4, 0.5) is 4.79 Å². The molecule has 4 heterocycles. The van der Waals surface area contributed by atoms with Gasteiger partial charge >= 0.3 is 16.2 Å². The quantitative estimate of drug-likeness (QED) is 0.189. The number of rotatable bonds is 10. The summed E-state index contributed by atoms with van der Waals surface area (Å²) in [5.74, 6) is 0.279. The molecule has 0 spiro atoms. The van der Waals surface area contributed by atoms with Crippen molar-refractivity contribution in [2.75, 3.05) is 47.4 Å². The first-order valence-corrected chi connectivity index (χ1v) is 23.7. The molecule has 12 nitrogen and oxygen atoms in total. The molecule has 3 aliphatic carbocycles. The van der Waals surface area contributed by atoms with Crippen LogP contribution in [0.25, 0.3) is 10.9 Å². The van der Waals surface area contributed by atoms with E-state index >= 15 is 0 Å². The van der Waals surface area contributed by atoms with Gasteiger partial charge in [0.25, 0.3) is 5.91 Å². The molecule has 6 aliphatic rings. The van der Waals surface area contributed by atoms with Crippen molar-refractivity contribution < 1.29 is 22.7 Å². The molecule has 2 saturated heterocycles. The number of fused-ring (bicyclic) bond motifs is 8. The zero-order chi connectivity index (χ0) is 42.7. The molecule has 324 valence electrons. The molecular weight excluding hydrogens is 799 g/mol. The van der Waals surface area contributed by atoms with Gasteiger partial charge in [-0.2, -0.15) is 12.7 Å². The molecule has 2 bridgehead atoms. The van der Waals surface area contributed by atoms with E-state index in [1.165, 1.54) is 50.0 Å². The number of nitrogens with one attached hydrogen (secondary N) is 2. The van der Waals surface area contributed by atoms with Crippen molar-refractivity contribution >= 4 is 33.1 Å². The van der Waals surface area contributed by atoms with E-state index in [2.05, 4.69) is 115 Å². The van der Waals surface area contributed by atoms with E-state index in [4.69, 9.17) is 4.74 Å². The summed E-state index contributed by atoms with van der Waals surface area (Å²) in [6, 6.07) is 27.7. The molecule has 4 aromatic rings. The van der Waals surface area contributed by atoms with Gasteiger partial charge in [-0.15, -0.1) is 0 Å². The van der Waals surface area contributed by atoms with E-state index in [0.717, 1.165) is 82.4 Å². The minimum atomic E-state index is -4.02. The summed E-state index contributed by atoms with van der Waals surface area (Å²) in [5.41, 5.74) is 9.03. The molecule has 3 aliphatic heterocycles. The summed E-state index contributed by atoms with van der Waals surface area (Å²) in [6.45, 7) is 5.09. The highest BCUT2D eigenvalue weighted by Crippen LogP contribution is 2.54. The molecule has 4 atom stereocenters. The van der Waals surface area contributed by atoms with Crippen molar-refractivity contribution in [3.63, 3.8) is 0 Å². The van der Waals surface area contributed by atoms with Crippen molar-refractivity contribution in [1.82, 2.24) is 33.6 Å². The van der Waals surface area contributed by atoms with Crippen LogP contribution in [0.15, 0.2) is 113 Å². The summed E-state index contributed by atoms with van der Waals surface area (Å²) in [6.07, 6.45) is 10.6. The largest absolute Gasteiger partial charge is 0.496 e. The van der Waals surface area contributed by atoms with Gasteiger partial charge in [0.2, 0.25) is 0 Å². The van der Waals surface area contributed by atoms with E-state index in [0.29, 0.717) is 37.5 Å². The van der Waals surface area contributed by atoms with Crippen LogP contribution in [0.1, 0.15) is 72.7 Å². The Hall–Kier alpha value is -5.21. The lowest BCUT2D eigenvalue weighted by atomic mass is 9.81. The van der Waals surface area contributed by atoms with Gasteiger partial charge in [0.1, 0.15) is 5.75 Å². The first-order chi connectivity index (χ1) is 30.1. The molecule has 62 heavy (non-hydrogen) atoms. The van der Waals surface area contributed by atoms with Crippen LogP contribution in [0.5, 0.6) is 5.75 Å². The minimum Gasteiger partial charge on any atom is -0.496 e. The maximum absolute atomic E-state index is 14.8. The van der Waals surface area contributed by atoms with E-state index in [9.17, 15) is 18.0 Å². The lowest BCUT2D eigenvalue weighted by Crippen LogP contribution is -2.69. The highest BCUT2D eigenvalue weighted by atomic mass is 32.2. The van der Waals surface area contributed by atoms with Gasteiger partial charge in [0.05, 0.1) is 18.2 Å². The van der Waals surface area contributed by atoms with Crippen LogP contribution >= 0.6 is 0 Å². The second-order valence-corrected chi connectivity index (χ2v) is 20.1. The Kier molecular flexibility index (Phi) is 10.9. The predicted molar refractivity (Wildman–Crippen MR) is 241 cm³/mol. The number of ether oxygens (including phenoxy) is 1. The van der Waals surface area contributed by atoms with Crippen LogP contribution in [-0.2, 0) is 34.6 Å². The monoisotopic (exact) mass is 855 g/mol. The third kappa shape index (κ3) is 7.56. The Bertz CT molecular complexity index is 2580. The minimum absolute atomic E-state index is 0.0769. The van der Waals surface area contributed by atoms with Crippen LogP contribution < -0.4 is 14.8 Å². The Morgan fingerprint density at radius 2 is 1.53 bits per heavy atom. The molecule has 0 radical (unpaired) electrons. The number of hydrogen-bond donors (Lipinski definition) is 2. The Morgan fingerprint density at radius 1 is 0.855 bits per heavy atom. The van der Waals surface area contributed by atoms with Gasteiger partial charge in [-0.25, -0.2) is 9.52 Å². The van der Waals surface area contributed by atoms with Crippen molar-refractivity contribution in [2.24, 2.45) is 0 Å². The fourth-order valence-corrected chi connectivity index (χ4v) is 11.7. The van der Waals surface area contributed by atoms with Gasteiger partial charge < -0.3 is 19.5 Å². The van der Waals surface area contributed by atoms with E-state index in [1.54, 1.807) is 7.11 Å². The van der Waals surface area contributed by atoms with Crippen LogP contribution in [0, 0.1) is 0 Å². The van der Waals surface area contributed by atoms with Crippen molar-refractivity contribution in [2.45, 2.75) is 88.1 Å². The summed E-state index contributed by atoms with van der Waals surface area (Å²) in [5, 5.41) is 4.58. The number of benzene rings is 3. The number of hydrogen-bond acceptors (Lipinski definition) is 7. The SMILES string of the molecule is COc1ccc(C2CCCCC2)c2c1cc1n2CC2=C(C(=O)NS(=O)(=O)N(C)C)C2=C2C=CC[C@@H](NC(=O)N3CC4CN(Cc5ccccc5)CC(C3)N4Cc3ccccc3)C21. The number of carbonyl (C=O) groups excluding carboxylic acids is 2. The normalized spacial score (nSPS) is 24.1. The maximum atomic E-state index is 14.8. The maximum Gasteiger partial charge on any atom is 0.317 e. The Morgan fingerprint density at radius 3 is 2.19 bits per heavy atom. The number of urea groups is 1. The van der Waals surface area contributed by atoms with E-state index in [-0.39, 0.29) is 30.1 Å². The number of methoxy groups -OCH3 is 1. The van der Waals surface area contributed by atoms with Crippen LogP contribution in [-0.4, -0.2) is 109 Å². The first kappa shape index (κ1) is 40.8. The van der Waals surface area contributed by atoms with Crippen molar-refractivity contribution in [1.29, 1.82) is 0 Å². The third-order valence-electron chi connectivity index (χ3n) is 14.2. The average Bonchev–Trinajstić information content (AvgIpc) is 3.90. The molecule has 3 fully saturated rings. The fraction of sp³-hybridized carbons (Fsp3) is 0.429. The third-order valence-corrected chi connectivity index (χ3v) is 15.6. The molecule has 3 aromatic carbocycles. The molecule has 13 heteroatoms. The summed E-state index contributed by atoms with van der Waals surface area (Å²) in [7, 11) is 0.502. The smallest absolute Gasteiger partial charge is 0.317 e. The first-order valence-electron chi connectivity index (χ1n) is 22.3. The fourth-order valence-electron chi connectivity index (χ4n) is 11.2. The summed E-state index contributed by atoms with van der Waals surface area (Å²) < 4.78 is 37.5. The van der Waals surface area contributed by atoms with Crippen LogP contribution in [0.2, 0.25) is 0 Å². The highest BCUT2D eigenvalue weighted by Gasteiger charge is 2.48. The van der Waals surface area contributed by atoms with Gasteiger partial charge in [0, 0.05) is 95.0 Å². The molecule has 2 N–H and O–H groups in total. The Labute approximate surface area is 365 Å². The zero-order valence-corrected chi connectivity index (χ0v) is 36.7. The van der Waals surface area contributed by atoms with Crippen molar-refractivity contribution in [3.8, 4) is 5.75 Å². The number of amides is 3. The van der Waals surface area contributed by atoms with Gasteiger partial charge in [-0.05, 0) is 70.7 Å². The summed E-state index contributed by atoms with van der Waals surface area (Å²) >= 11 is 0. The zero-order valence-electron chi connectivity index (χ0n) is 35.9. The molecular formula is C49H57N7O5S. The second-order valence-electron chi connectivity index (χ2n) is 18.2. The lowest BCUT2D eigenvalue weighted by Gasteiger charge is -2.53. The van der Waals surface area contributed by atoms with Crippen LogP contribution in [0.3, 0.4) is 0 Å². The molecule has 1 aromatic heterocycles. The van der Waals surface area contributed by atoms with Gasteiger partial charge in [-0.1, -0.05) is 98.1 Å². The highest BCUT2D eigenvalue weighted by molar-refractivity contribution is 7.87. The Balaban J connectivity index is 0.987. The number of aromatic nitrogens is 1. The van der Waals surface area contributed by atoms with E-state index in [1.807, 2.05) is 4.90 Å². The predicted octanol–water partition coefficient (Wildman–Crippen LogP) is 6.43. The molecule has 10 rings (SSSR count). The number of carbonyl (C=O) groups is 2.